The maximum Gasteiger partial charge on any atom is 0.500 e. The van der Waals surface area contributed by atoms with Crippen LogP contribution < -0.4 is 5.32 Å². The van der Waals surface area contributed by atoms with Crippen LogP contribution in [0.5, 0.6) is 0 Å². The van der Waals surface area contributed by atoms with Crippen LogP contribution >= 0.6 is 0 Å². The van der Waals surface area contributed by atoms with Gasteiger partial charge in [-0.1, -0.05) is 13.8 Å². The van der Waals surface area contributed by atoms with Crippen LogP contribution in [0.15, 0.2) is 0 Å². The molecule has 0 bridgehead atoms. The van der Waals surface area contributed by atoms with E-state index in [1.165, 1.54) is 6.42 Å². The summed E-state index contributed by atoms with van der Waals surface area (Å²) in [4.78, 5) is 0. The minimum absolute atomic E-state index is 0.455. The van der Waals surface area contributed by atoms with Gasteiger partial charge in [0, 0.05) is 41.3 Å². The first-order valence-corrected chi connectivity index (χ1v) is 11.5. The van der Waals surface area contributed by atoms with E-state index < -0.39 is 8.80 Å². The molecule has 0 aromatic rings. The van der Waals surface area contributed by atoms with E-state index in [-0.39, 0.29) is 0 Å². The van der Waals surface area contributed by atoms with Crippen LogP contribution in [0.25, 0.3) is 0 Å². The molecule has 0 heterocycles. The molecule has 0 radical (unpaired) electrons. The van der Waals surface area contributed by atoms with E-state index >= 15 is 0 Å². The van der Waals surface area contributed by atoms with Gasteiger partial charge >= 0.3 is 8.80 Å². The van der Waals surface area contributed by atoms with Crippen molar-refractivity contribution < 1.29 is 13.3 Å². The highest BCUT2D eigenvalue weighted by Crippen LogP contribution is 2.26. The van der Waals surface area contributed by atoms with Crippen LogP contribution in [0.2, 0.25) is 5.16 Å². The Kier molecular flexibility index (Phi) is 11.9. The lowest BCUT2D eigenvalue weighted by Crippen LogP contribution is -2.51. The van der Waals surface area contributed by atoms with Crippen molar-refractivity contribution in [1.82, 2.24) is 5.32 Å². The van der Waals surface area contributed by atoms with Crippen LogP contribution in [-0.2, 0) is 13.3 Å². The van der Waals surface area contributed by atoms with Gasteiger partial charge in [0.1, 0.15) is 0 Å². The van der Waals surface area contributed by atoms with E-state index in [1.807, 2.05) is 20.8 Å². The molecule has 1 N–H and O–H groups in total. The lowest BCUT2D eigenvalue weighted by Gasteiger charge is -2.33. The molecule has 0 fully saturated rings. The average molecular weight is 336 g/mol. The number of nitrogens with one attached hydrogen (secondary N) is 1. The second kappa shape index (κ2) is 11.8. The van der Waals surface area contributed by atoms with Gasteiger partial charge in [-0.05, 0) is 53.0 Å². The lowest BCUT2D eigenvalue weighted by molar-refractivity contribution is 0.0672. The van der Waals surface area contributed by atoms with Crippen molar-refractivity contribution in [2.45, 2.75) is 65.6 Å². The summed E-state index contributed by atoms with van der Waals surface area (Å²) in [5.74, 6) is 0.739. The second-order valence-corrected chi connectivity index (χ2v) is 11.7. The van der Waals surface area contributed by atoms with E-state index in [4.69, 9.17) is 13.3 Å². The Morgan fingerprint density at radius 3 is 1.81 bits per heavy atom. The summed E-state index contributed by atoms with van der Waals surface area (Å²) in [5.41, 5.74) is 0. The predicted molar refractivity (Wildman–Crippen MR) is 95.9 cm³/mol. The number of hydrogen-bond donors (Lipinski definition) is 1. The smallest absolute Gasteiger partial charge is 0.374 e. The van der Waals surface area contributed by atoms with E-state index in [0.29, 0.717) is 31.0 Å². The largest absolute Gasteiger partial charge is 0.500 e. The summed E-state index contributed by atoms with van der Waals surface area (Å²) in [5, 5.41) is 4.08. The zero-order valence-electron chi connectivity index (χ0n) is 15.2. The van der Waals surface area contributed by atoms with Gasteiger partial charge in [0.2, 0.25) is 0 Å². The van der Waals surface area contributed by atoms with Crippen molar-refractivity contribution >= 4 is 19.0 Å². The van der Waals surface area contributed by atoms with Crippen molar-refractivity contribution in [3.63, 3.8) is 0 Å². The maximum absolute atomic E-state index is 6.00. The van der Waals surface area contributed by atoms with E-state index in [9.17, 15) is 0 Å². The molecule has 4 nitrogen and oxygen atoms in total. The molecule has 128 valence electrons. The Labute approximate surface area is 136 Å². The molecule has 0 aliphatic rings. The first kappa shape index (κ1) is 21.3. The summed E-state index contributed by atoms with van der Waals surface area (Å²) in [6.45, 7) is 15.9. The molecule has 0 amide bonds. The van der Waals surface area contributed by atoms with Crippen LogP contribution in [-0.4, -0.2) is 51.5 Å². The third-order valence-corrected chi connectivity index (χ3v) is 9.80. The standard InChI is InChI=1S/C15H37NO3Si2/c1-7-17-21(18-8-2,19-9-3)15(20)10-11-16-14(6)12-13(4)5/h13-16H,7-12H2,1-6,20H3. The Bertz CT molecular complexity index is 238. The zero-order valence-corrected chi connectivity index (χ0v) is 18.2. The topological polar surface area (TPSA) is 39.7 Å². The Hall–Kier alpha value is 0.274. The fourth-order valence-corrected chi connectivity index (χ4v) is 7.27. The minimum atomic E-state index is -2.48. The number of hydrogen-bond acceptors (Lipinski definition) is 4. The van der Waals surface area contributed by atoms with Crippen LogP contribution in [0.3, 0.4) is 0 Å². The normalized spacial score (nSPS) is 15.6. The summed E-state index contributed by atoms with van der Waals surface area (Å²) in [6.07, 6.45) is 2.30. The summed E-state index contributed by atoms with van der Waals surface area (Å²) >= 11 is 0. The highest BCUT2D eigenvalue weighted by atomic mass is 28.4. The summed E-state index contributed by atoms with van der Waals surface area (Å²) in [7, 11) is -1.44. The van der Waals surface area contributed by atoms with Gasteiger partial charge in [0.25, 0.3) is 0 Å². The summed E-state index contributed by atoms with van der Waals surface area (Å²) < 4.78 is 18.0. The van der Waals surface area contributed by atoms with Crippen molar-refractivity contribution in [2.24, 2.45) is 5.92 Å². The molecule has 2 atom stereocenters. The predicted octanol–water partition coefficient (Wildman–Crippen LogP) is 2.14. The molecule has 0 saturated heterocycles. The van der Waals surface area contributed by atoms with Crippen LogP contribution in [0.4, 0.5) is 0 Å². The highest BCUT2D eigenvalue weighted by molar-refractivity contribution is 6.69. The SMILES string of the molecule is CCO[Si](OCC)(OCC)C([SiH3])CCNC(C)CC(C)C. The Morgan fingerprint density at radius 2 is 1.43 bits per heavy atom. The fraction of sp³-hybridized carbons (Fsp3) is 1.00. The average Bonchev–Trinajstić information content (AvgIpc) is 2.38. The van der Waals surface area contributed by atoms with Gasteiger partial charge in [-0.3, -0.25) is 0 Å². The second-order valence-electron chi connectivity index (χ2n) is 6.08. The van der Waals surface area contributed by atoms with Crippen LogP contribution in [0, 0.1) is 5.92 Å². The molecule has 6 heteroatoms. The minimum Gasteiger partial charge on any atom is -0.374 e. The molecule has 0 rings (SSSR count). The maximum atomic E-state index is 6.00. The molecule has 0 spiro atoms. The molecule has 21 heavy (non-hydrogen) atoms. The molecule has 0 saturated carbocycles. The molecule has 0 aliphatic carbocycles. The van der Waals surface area contributed by atoms with Gasteiger partial charge in [-0.15, -0.1) is 0 Å². The van der Waals surface area contributed by atoms with E-state index in [2.05, 4.69) is 26.1 Å². The molecular weight excluding hydrogens is 298 g/mol. The first-order chi connectivity index (χ1) is 9.91. The molecule has 0 aliphatic heterocycles. The number of rotatable bonds is 13. The van der Waals surface area contributed by atoms with E-state index in [1.54, 1.807) is 0 Å². The fourth-order valence-electron chi connectivity index (χ4n) is 2.67. The zero-order chi connectivity index (χ0) is 16.3. The molecule has 0 aromatic carbocycles. The highest BCUT2D eigenvalue weighted by Gasteiger charge is 2.46. The third kappa shape index (κ3) is 8.47. The summed E-state index contributed by atoms with van der Waals surface area (Å²) in [6, 6.07) is 0.571. The van der Waals surface area contributed by atoms with E-state index in [0.717, 1.165) is 29.1 Å². The molecule has 0 aromatic heterocycles. The van der Waals surface area contributed by atoms with Gasteiger partial charge in [0.15, 0.2) is 0 Å². The Morgan fingerprint density at radius 1 is 0.952 bits per heavy atom. The van der Waals surface area contributed by atoms with Gasteiger partial charge in [-0.2, -0.15) is 0 Å². The van der Waals surface area contributed by atoms with Gasteiger partial charge in [0.05, 0.1) is 0 Å². The molecular formula is C15H37NO3Si2. The van der Waals surface area contributed by atoms with Crippen molar-refractivity contribution in [3.05, 3.63) is 0 Å². The van der Waals surface area contributed by atoms with Crippen molar-refractivity contribution in [3.8, 4) is 0 Å². The molecule has 2 unspecified atom stereocenters. The van der Waals surface area contributed by atoms with Crippen molar-refractivity contribution in [2.75, 3.05) is 26.4 Å². The third-order valence-electron chi connectivity index (χ3n) is 3.54. The lowest BCUT2D eigenvalue weighted by atomic mass is 10.1. The van der Waals surface area contributed by atoms with Crippen LogP contribution in [0.1, 0.15) is 54.4 Å². The quantitative estimate of drug-likeness (QED) is 0.524. The first-order valence-electron chi connectivity index (χ1n) is 8.56. The van der Waals surface area contributed by atoms with Crippen molar-refractivity contribution in [1.29, 1.82) is 0 Å². The monoisotopic (exact) mass is 335 g/mol. The van der Waals surface area contributed by atoms with Gasteiger partial charge < -0.3 is 18.6 Å². The van der Waals surface area contributed by atoms with Gasteiger partial charge in [-0.25, -0.2) is 0 Å². The Balaban J connectivity index is 4.42.